The van der Waals surface area contributed by atoms with Gasteiger partial charge in [-0.3, -0.25) is 0 Å². The van der Waals surface area contributed by atoms with Crippen LogP contribution in [0.2, 0.25) is 0 Å². The van der Waals surface area contributed by atoms with Crippen molar-refractivity contribution in [1.82, 2.24) is 19.8 Å². The summed E-state index contributed by atoms with van der Waals surface area (Å²) in [6.45, 7) is 7.64. The van der Waals surface area contributed by atoms with Crippen LogP contribution >= 0.6 is 0 Å². The first-order valence-electron chi connectivity index (χ1n) is 8.13. The molecule has 2 aliphatic rings. The third-order valence-corrected chi connectivity index (χ3v) is 5.35. The molecule has 1 unspecified atom stereocenters. The third kappa shape index (κ3) is 2.18. The molecule has 0 saturated carbocycles. The fourth-order valence-electron chi connectivity index (χ4n) is 4.11. The van der Waals surface area contributed by atoms with Crippen molar-refractivity contribution < 1.29 is 0 Å². The summed E-state index contributed by atoms with van der Waals surface area (Å²) < 4.78 is 2.42. The van der Waals surface area contributed by atoms with E-state index in [1.54, 1.807) is 0 Å². The smallest absolute Gasteiger partial charge is 0.114 e. The molecule has 4 rings (SSSR count). The number of likely N-dealkylation sites (tertiary alicyclic amines) is 1. The van der Waals surface area contributed by atoms with E-state index in [2.05, 4.69) is 59.1 Å². The number of hydrogen-bond donors (Lipinski definition) is 1. The van der Waals surface area contributed by atoms with E-state index in [0.717, 1.165) is 26.2 Å². The molecule has 4 heteroatoms. The fourth-order valence-corrected chi connectivity index (χ4v) is 4.11. The summed E-state index contributed by atoms with van der Waals surface area (Å²) in [7, 11) is 2.23. The highest BCUT2D eigenvalue weighted by molar-refractivity contribution is 5.22. The van der Waals surface area contributed by atoms with Gasteiger partial charge in [0.1, 0.15) is 5.82 Å². The van der Waals surface area contributed by atoms with Gasteiger partial charge in [-0.15, -0.1) is 0 Å². The molecular weight excluding hydrogens is 272 g/mol. The minimum absolute atomic E-state index is 0.390. The zero-order chi connectivity index (χ0) is 15.2. The molecule has 2 saturated heterocycles. The van der Waals surface area contributed by atoms with Crippen LogP contribution < -0.4 is 5.32 Å². The van der Waals surface area contributed by atoms with E-state index in [1.165, 1.54) is 23.6 Å². The van der Waals surface area contributed by atoms with Crippen molar-refractivity contribution in [2.75, 3.05) is 33.2 Å². The second-order valence-electron chi connectivity index (χ2n) is 7.04. The van der Waals surface area contributed by atoms with Gasteiger partial charge >= 0.3 is 0 Å². The average Bonchev–Trinajstić information content (AvgIpc) is 3.01. The van der Waals surface area contributed by atoms with E-state index in [4.69, 9.17) is 4.98 Å². The SMILES string of the molecule is Cc1cnc(C2CN(C)CC23CNC3)n1Cc1ccccc1. The van der Waals surface area contributed by atoms with Crippen molar-refractivity contribution in [2.24, 2.45) is 5.41 Å². The molecule has 1 N–H and O–H groups in total. The van der Waals surface area contributed by atoms with Gasteiger partial charge in [0.15, 0.2) is 0 Å². The number of benzene rings is 1. The number of nitrogens with zero attached hydrogens (tertiary/aromatic N) is 3. The third-order valence-electron chi connectivity index (χ3n) is 5.35. The molecule has 116 valence electrons. The van der Waals surface area contributed by atoms with Crippen LogP contribution in [0, 0.1) is 12.3 Å². The van der Waals surface area contributed by atoms with Crippen molar-refractivity contribution in [1.29, 1.82) is 0 Å². The quantitative estimate of drug-likeness (QED) is 0.938. The van der Waals surface area contributed by atoms with E-state index < -0.39 is 0 Å². The molecule has 1 spiro atoms. The second-order valence-corrected chi connectivity index (χ2v) is 7.04. The zero-order valence-electron chi connectivity index (χ0n) is 13.4. The molecule has 1 aromatic heterocycles. The minimum Gasteiger partial charge on any atom is -0.328 e. The molecular formula is C18H24N4. The molecule has 0 amide bonds. The van der Waals surface area contributed by atoms with Gasteiger partial charge < -0.3 is 14.8 Å². The number of nitrogens with one attached hydrogen (secondary N) is 1. The Bertz CT molecular complexity index is 657. The topological polar surface area (TPSA) is 33.1 Å². The maximum absolute atomic E-state index is 4.81. The van der Waals surface area contributed by atoms with Crippen LogP contribution in [0.15, 0.2) is 36.5 Å². The van der Waals surface area contributed by atoms with Crippen LogP contribution in [0.5, 0.6) is 0 Å². The Morgan fingerprint density at radius 1 is 1.27 bits per heavy atom. The highest BCUT2D eigenvalue weighted by Gasteiger charge is 2.51. The first-order valence-corrected chi connectivity index (χ1v) is 8.13. The number of aryl methyl sites for hydroxylation is 1. The van der Waals surface area contributed by atoms with Crippen molar-refractivity contribution in [3.05, 3.63) is 53.6 Å². The Kier molecular flexibility index (Phi) is 3.31. The molecule has 2 fully saturated rings. The molecule has 1 atom stereocenters. The van der Waals surface area contributed by atoms with Crippen molar-refractivity contribution in [2.45, 2.75) is 19.4 Å². The van der Waals surface area contributed by atoms with E-state index in [0.29, 0.717) is 11.3 Å². The minimum atomic E-state index is 0.390. The molecule has 3 heterocycles. The number of rotatable bonds is 3. The maximum atomic E-state index is 4.81. The summed E-state index contributed by atoms with van der Waals surface area (Å²) in [5.74, 6) is 1.81. The van der Waals surface area contributed by atoms with Crippen LogP contribution in [-0.4, -0.2) is 47.7 Å². The standard InChI is InChI=1S/C18H24N4/c1-14-8-20-17(22(14)9-15-6-4-3-5-7-15)16-10-21(2)13-18(16)11-19-12-18/h3-8,16,19H,9-13H2,1-2H3. The summed E-state index contributed by atoms with van der Waals surface area (Å²) >= 11 is 0. The van der Waals surface area contributed by atoms with Gasteiger partial charge in [-0.25, -0.2) is 4.98 Å². The molecule has 22 heavy (non-hydrogen) atoms. The molecule has 0 bridgehead atoms. The highest BCUT2D eigenvalue weighted by atomic mass is 15.2. The van der Waals surface area contributed by atoms with E-state index in [9.17, 15) is 0 Å². The van der Waals surface area contributed by atoms with Gasteiger partial charge in [-0.2, -0.15) is 0 Å². The Labute approximate surface area is 132 Å². The van der Waals surface area contributed by atoms with Crippen molar-refractivity contribution in [3.8, 4) is 0 Å². The second kappa shape index (κ2) is 5.21. The Morgan fingerprint density at radius 2 is 2.05 bits per heavy atom. The molecule has 0 aliphatic carbocycles. The van der Waals surface area contributed by atoms with Crippen LogP contribution in [0.25, 0.3) is 0 Å². The summed E-state index contributed by atoms with van der Waals surface area (Å²) in [6.07, 6.45) is 2.04. The fraction of sp³-hybridized carbons (Fsp3) is 0.500. The number of imidazole rings is 1. The van der Waals surface area contributed by atoms with Crippen LogP contribution in [0.3, 0.4) is 0 Å². The van der Waals surface area contributed by atoms with Crippen molar-refractivity contribution >= 4 is 0 Å². The lowest BCUT2D eigenvalue weighted by molar-refractivity contribution is 0.152. The Hall–Kier alpha value is -1.65. The van der Waals surface area contributed by atoms with Gasteiger partial charge in [-0.1, -0.05) is 30.3 Å². The van der Waals surface area contributed by atoms with Gasteiger partial charge in [0.2, 0.25) is 0 Å². The molecule has 0 radical (unpaired) electrons. The maximum Gasteiger partial charge on any atom is 0.114 e. The molecule has 2 aromatic rings. The van der Waals surface area contributed by atoms with Gasteiger partial charge in [-0.05, 0) is 19.5 Å². The van der Waals surface area contributed by atoms with E-state index >= 15 is 0 Å². The first kappa shape index (κ1) is 14.0. The summed E-state index contributed by atoms with van der Waals surface area (Å²) in [5, 5.41) is 3.48. The normalized spacial score (nSPS) is 23.8. The lowest BCUT2D eigenvalue weighted by atomic mass is 9.72. The monoisotopic (exact) mass is 296 g/mol. The molecule has 2 aliphatic heterocycles. The summed E-state index contributed by atoms with van der Waals surface area (Å²) in [6, 6.07) is 10.7. The lowest BCUT2D eigenvalue weighted by Gasteiger charge is -2.43. The molecule has 4 nitrogen and oxygen atoms in total. The largest absolute Gasteiger partial charge is 0.328 e. The van der Waals surface area contributed by atoms with Crippen LogP contribution in [0.1, 0.15) is 23.0 Å². The van der Waals surface area contributed by atoms with Crippen LogP contribution in [0.4, 0.5) is 0 Å². The Balaban J connectivity index is 1.68. The number of likely N-dealkylation sites (N-methyl/N-ethyl adjacent to an activating group) is 1. The lowest BCUT2D eigenvalue weighted by Crippen LogP contribution is -2.57. The van der Waals surface area contributed by atoms with Crippen molar-refractivity contribution in [3.63, 3.8) is 0 Å². The predicted octanol–water partition coefficient (Wildman–Crippen LogP) is 1.86. The summed E-state index contributed by atoms with van der Waals surface area (Å²) in [5.41, 5.74) is 2.99. The van der Waals surface area contributed by atoms with Crippen LogP contribution in [-0.2, 0) is 6.54 Å². The zero-order valence-corrected chi connectivity index (χ0v) is 13.4. The van der Waals surface area contributed by atoms with E-state index in [1.807, 2.05) is 6.20 Å². The number of aromatic nitrogens is 2. The highest BCUT2D eigenvalue weighted by Crippen LogP contribution is 2.44. The first-order chi connectivity index (χ1) is 10.7. The van der Waals surface area contributed by atoms with Gasteiger partial charge in [0, 0.05) is 55.9 Å². The molecule has 1 aromatic carbocycles. The Morgan fingerprint density at radius 3 is 2.73 bits per heavy atom. The van der Waals surface area contributed by atoms with Gasteiger partial charge in [0.05, 0.1) is 0 Å². The van der Waals surface area contributed by atoms with E-state index in [-0.39, 0.29) is 0 Å². The predicted molar refractivity (Wildman–Crippen MR) is 88.0 cm³/mol. The summed E-state index contributed by atoms with van der Waals surface area (Å²) in [4.78, 5) is 7.27. The van der Waals surface area contributed by atoms with Gasteiger partial charge in [0.25, 0.3) is 0 Å². The average molecular weight is 296 g/mol. The number of hydrogen-bond acceptors (Lipinski definition) is 3.